The predicted octanol–water partition coefficient (Wildman–Crippen LogP) is 2.61. The molecule has 19 heavy (non-hydrogen) atoms. The molecule has 2 aromatic rings. The van der Waals surface area contributed by atoms with Crippen LogP contribution in [0.2, 0.25) is 0 Å². The number of rotatable bonds is 4. The van der Waals surface area contributed by atoms with Gasteiger partial charge in [0, 0.05) is 24.0 Å². The van der Waals surface area contributed by atoms with Crippen LogP contribution in [0.3, 0.4) is 0 Å². The third kappa shape index (κ3) is 3.48. The van der Waals surface area contributed by atoms with Crippen LogP contribution in [0.1, 0.15) is 17.1 Å². The van der Waals surface area contributed by atoms with E-state index in [0.29, 0.717) is 18.1 Å². The second-order valence-corrected chi connectivity index (χ2v) is 4.26. The lowest BCUT2D eigenvalue weighted by atomic mass is 10.2. The van der Waals surface area contributed by atoms with Crippen LogP contribution in [-0.4, -0.2) is 14.9 Å². The van der Waals surface area contributed by atoms with Gasteiger partial charge in [0.1, 0.15) is 5.82 Å². The van der Waals surface area contributed by atoms with Gasteiger partial charge in [-0.05, 0) is 31.5 Å². The van der Waals surface area contributed by atoms with E-state index in [1.165, 1.54) is 6.07 Å². The fourth-order valence-electron chi connectivity index (χ4n) is 1.77. The van der Waals surface area contributed by atoms with Crippen molar-refractivity contribution in [3.05, 3.63) is 57.7 Å². The van der Waals surface area contributed by atoms with Gasteiger partial charge in [0.2, 0.25) is 0 Å². The Morgan fingerprint density at radius 3 is 2.79 bits per heavy atom. The van der Waals surface area contributed by atoms with Crippen molar-refractivity contribution < 1.29 is 4.92 Å². The van der Waals surface area contributed by atoms with Gasteiger partial charge in [-0.15, -0.1) is 0 Å². The maximum atomic E-state index is 10.8. The van der Waals surface area contributed by atoms with Crippen molar-refractivity contribution in [1.82, 2.24) is 9.97 Å². The van der Waals surface area contributed by atoms with Gasteiger partial charge in [-0.2, -0.15) is 0 Å². The van der Waals surface area contributed by atoms with Crippen LogP contribution in [0, 0.1) is 24.0 Å². The lowest BCUT2D eigenvalue weighted by molar-refractivity contribution is -0.384. The molecular formula is C13H14N4O2. The molecule has 0 aliphatic heterocycles. The minimum atomic E-state index is -0.396. The Kier molecular flexibility index (Phi) is 3.70. The standard InChI is InChI=1S/C13H14N4O2/c1-9-5-12(7-13(6-9)17(18)19)15-8-11-3-4-14-10(2)16-11/h3-7,15H,8H2,1-2H3. The molecule has 0 aliphatic carbocycles. The molecule has 2 rings (SSSR count). The smallest absolute Gasteiger partial charge is 0.271 e. The van der Waals surface area contributed by atoms with Crippen molar-refractivity contribution >= 4 is 11.4 Å². The first-order valence-corrected chi connectivity index (χ1v) is 5.83. The number of nitrogens with one attached hydrogen (secondary N) is 1. The fraction of sp³-hybridized carbons (Fsp3) is 0.231. The zero-order chi connectivity index (χ0) is 13.8. The van der Waals surface area contributed by atoms with Crippen molar-refractivity contribution in [2.24, 2.45) is 0 Å². The first-order valence-electron chi connectivity index (χ1n) is 5.83. The summed E-state index contributed by atoms with van der Waals surface area (Å²) in [6.45, 7) is 4.15. The summed E-state index contributed by atoms with van der Waals surface area (Å²) in [7, 11) is 0. The van der Waals surface area contributed by atoms with E-state index in [4.69, 9.17) is 0 Å². The van der Waals surface area contributed by atoms with Crippen LogP contribution in [0.5, 0.6) is 0 Å². The van der Waals surface area contributed by atoms with Gasteiger partial charge in [-0.25, -0.2) is 9.97 Å². The van der Waals surface area contributed by atoms with Crippen LogP contribution in [0.4, 0.5) is 11.4 Å². The molecule has 0 aliphatic rings. The summed E-state index contributed by atoms with van der Waals surface area (Å²) in [6.07, 6.45) is 1.69. The van der Waals surface area contributed by atoms with E-state index in [0.717, 1.165) is 11.3 Å². The highest BCUT2D eigenvalue weighted by atomic mass is 16.6. The zero-order valence-electron chi connectivity index (χ0n) is 10.8. The van der Waals surface area contributed by atoms with Crippen LogP contribution in [0.25, 0.3) is 0 Å². The molecule has 0 bridgehead atoms. The Balaban J connectivity index is 2.13. The van der Waals surface area contributed by atoms with Crippen LogP contribution in [0.15, 0.2) is 30.5 Å². The quantitative estimate of drug-likeness (QED) is 0.673. The van der Waals surface area contributed by atoms with Crippen molar-refractivity contribution in [1.29, 1.82) is 0 Å². The molecule has 0 radical (unpaired) electrons. The number of hydrogen-bond donors (Lipinski definition) is 1. The summed E-state index contributed by atoms with van der Waals surface area (Å²) in [5.41, 5.74) is 2.48. The molecule has 0 saturated heterocycles. The highest BCUT2D eigenvalue weighted by Crippen LogP contribution is 2.20. The molecule has 1 heterocycles. The number of benzene rings is 1. The van der Waals surface area contributed by atoms with Gasteiger partial charge in [-0.1, -0.05) is 0 Å². The Bertz CT molecular complexity index is 613. The van der Waals surface area contributed by atoms with Gasteiger partial charge < -0.3 is 5.32 Å². The zero-order valence-corrected chi connectivity index (χ0v) is 10.8. The van der Waals surface area contributed by atoms with E-state index in [-0.39, 0.29) is 5.69 Å². The molecule has 0 unspecified atom stereocenters. The molecule has 0 spiro atoms. The Labute approximate surface area is 110 Å². The third-order valence-corrected chi connectivity index (χ3v) is 2.58. The predicted molar refractivity (Wildman–Crippen MR) is 71.9 cm³/mol. The average Bonchev–Trinajstić information content (AvgIpc) is 2.36. The molecule has 6 heteroatoms. The molecule has 0 fully saturated rings. The second kappa shape index (κ2) is 5.43. The topological polar surface area (TPSA) is 81.0 Å². The maximum Gasteiger partial charge on any atom is 0.271 e. The summed E-state index contributed by atoms with van der Waals surface area (Å²) >= 11 is 0. The first kappa shape index (κ1) is 12.9. The maximum absolute atomic E-state index is 10.8. The number of nitro groups is 1. The second-order valence-electron chi connectivity index (χ2n) is 4.26. The van der Waals surface area contributed by atoms with E-state index in [2.05, 4.69) is 15.3 Å². The number of anilines is 1. The number of non-ortho nitro benzene ring substituents is 1. The Morgan fingerprint density at radius 2 is 2.11 bits per heavy atom. The number of nitro benzene ring substituents is 1. The van der Waals surface area contributed by atoms with Crippen LogP contribution < -0.4 is 5.32 Å². The van der Waals surface area contributed by atoms with Crippen molar-refractivity contribution in [3.8, 4) is 0 Å². The lowest BCUT2D eigenvalue weighted by Gasteiger charge is -2.07. The summed E-state index contributed by atoms with van der Waals surface area (Å²) in [5, 5.41) is 13.9. The van der Waals surface area contributed by atoms with E-state index in [1.807, 2.05) is 26.0 Å². The molecule has 0 atom stereocenters. The van der Waals surface area contributed by atoms with Crippen molar-refractivity contribution in [2.75, 3.05) is 5.32 Å². The summed E-state index contributed by atoms with van der Waals surface area (Å²) in [5.74, 6) is 0.703. The number of aromatic nitrogens is 2. The highest BCUT2D eigenvalue weighted by molar-refractivity contribution is 5.53. The molecule has 6 nitrogen and oxygen atoms in total. The molecule has 1 aromatic carbocycles. The monoisotopic (exact) mass is 258 g/mol. The largest absolute Gasteiger partial charge is 0.379 e. The molecule has 1 aromatic heterocycles. The SMILES string of the molecule is Cc1cc(NCc2ccnc(C)n2)cc([N+](=O)[O-])c1. The number of aryl methyl sites for hydroxylation is 2. The van der Waals surface area contributed by atoms with Gasteiger partial charge in [-0.3, -0.25) is 10.1 Å². The molecule has 98 valence electrons. The minimum absolute atomic E-state index is 0.0846. The minimum Gasteiger partial charge on any atom is -0.379 e. The van der Waals surface area contributed by atoms with Crippen LogP contribution in [-0.2, 0) is 6.54 Å². The number of nitrogens with zero attached hydrogens (tertiary/aromatic N) is 3. The average molecular weight is 258 g/mol. The number of hydrogen-bond acceptors (Lipinski definition) is 5. The van der Waals surface area contributed by atoms with E-state index >= 15 is 0 Å². The van der Waals surface area contributed by atoms with Gasteiger partial charge >= 0.3 is 0 Å². The molecular weight excluding hydrogens is 244 g/mol. The Morgan fingerprint density at radius 1 is 1.32 bits per heavy atom. The van der Waals surface area contributed by atoms with Gasteiger partial charge in [0.25, 0.3) is 5.69 Å². The summed E-state index contributed by atoms with van der Waals surface area (Å²) < 4.78 is 0. The van der Waals surface area contributed by atoms with Crippen molar-refractivity contribution in [3.63, 3.8) is 0 Å². The fourth-order valence-corrected chi connectivity index (χ4v) is 1.77. The lowest BCUT2D eigenvalue weighted by Crippen LogP contribution is -2.03. The highest BCUT2D eigenvalue weighted by Gasteiger charge is 2.07. The van der Waals surface area contributed by atoms with Gasteiger partial charge in [0.05, 0.1) is 17.2 Å². The molecule has 1 N–H and O–H groups in total. The summed E-state index contributed by atoms with van der Waals surface area (Å²) in [6, 6.07) is 6.73. The molecule has 0 saturated carbocycles. The summed E-state index contributed by atoms with van der Waals surface area (Å²) in [4.78, 5) is 18.7. The Hall–Kier alpha value is -2.50. The van der Waals surface area contributed by atoms with Crippen LogP contribution >= 0.6 is 0 Å². The van der Waals surface area contributed by atoms with Crippen molar-refractivity contribution in [2.45, 2.75) is 20.4 Å². The normalized spacial score (nSPS) is 10.2. The van der Waals surface area contributed by atoms with Gasteiger partial charge in [0.15, 0.2) is 0 Å². The molecule has 0 amide bonds. The third-order valence-electron chi connectivity index (χ3n) is 2.58. The van der Waals surface area contributed by atoms with E-state index in [9.17, 15) is 10.1 Å². The first-order chi connectivity index (χ1) is 9.04. The van der Waals surface area contributed by atoms with E-state index < -0.39 is 4.92 Å². The van der Waals surface area contributed by atoms with E-state index in [1.54, 1.807) is 12.3 Å².